The van der Waals surface area contributed by atoms with Crippen molar-refractivity contribution in [1.82, 2.24) is 0 Å². The number of hydrogen-bond acceptors (Lipinski definition) is 4. The molecule has 0 aliphatic rings. The van der Waals surface area contributed by atoms with Gasteiger partial charge in [-0.3, -0.25) is 4.79 Å². The van der Waals surface area contributed by atoms with Crippen molar-refractivity contribution in [3.05, 3.63) is 104 Å². The van der Waals surface area contributed by atoms with E-state index < -0.39 is 11.9 Å². The average molecular weight is 510 g/mol. The first kappa shape index (κ1) is 23.3. The first-order chi connectivity index (χ1) is 15.4. The van der Waals surface area contributed by atoms with Gasteiger partial charge in [0, 0.05) is 15.2 Å². The molecule has 3 aromatic rings. The van der Waals surface area contributed by atoms with E-state index in [9.17, 15) is 14.9 Å². The predicted octanol–water partition coefficient (Wildman–Crippen LogP) is 6.03. The fourth-order valence-corrected chi connectivity index (χ4v) is 3.60. The van der Waals surface area contributed by atoms with Crippen molar-refractivity contribution in [1.29, 1.82) is 5.26 Å². The quantitative estimate of drug-likeness (QED) is 0.250. The van der Waals surface area contributed by atoms with Gasteiger partial charge in [-0.15, -0.1) is 0 Å². The van der Waals surface area contributed by atoms with Crippen LogP contribution in [-0.2, 0) is 16.0 Å². The third-order valence-corrected chi connectivity index (χ3v) is 5.54. The van der Waals surface area contributed by atoms with Crippen LogP contribution < -0.4 is 5.32 Å². The molecule has 0 saturated carbocycles. The van der Waals surface area contributed by atoms with Crippen molar-refractivity contribution in [2.45, 2.75) is 6.42 Å². The third kappa shape index (κ3) is 5.85. The van der Waals surface area contributed by atoms with Crippen molar-refractivity contribution in [2.75, 3.05) is 12.4 Å². The van der Waals surface area contributed by atoms with Crippen molar-refractivity contribution in [3.63, 3.8) is 0 Å². The van der Waals surface area contributed by atoms with E-state index in [4.69, 9.17) is 11.6 Å². The maximum atomic E-state index is 12.7. The highest BCUT2D eigenvalue weighted by atomic mass is 79.9. The van der Waals surface area contributed by atoms with E-state index in [1.165, 1.54) is 19.2 Å². The second-order valence-electron chi connectivity index (χ2n) is 6.80. The molecule has 0 heterocycles. The van der Waals surface area contributed by atoms with E-state index in [-0.39, 0.29) is 5.57 Å². The zero-order valence-electron chi connectivity index (χ0n) is 17.1. The highest BCUT2D eigenvalue weighted by Crippen LogP contribution is 2.25. The lowest BCUT2D eigenvalue weighted by molar-refractivity contribution is -0.112. The van der Waals surface area contributed by atoms with Crippen LogP contribution in [0.15, 0.2) is 76.8 Å². The molecule has 0 aliphatic carbocycles. The predicted molar refractivity (Wildman–Crippen MR) is 128 cm³/mol. The number of rotatable bonds is 6. The molecule has 160 valence electrons. The maximum Gasteiger partial charge on any atom is 0.337 e. The van der Waals surface area contributed by atoms with Gasteiger partial charge in [0.15, 0.2) is 0 Å². The largest absolute Gasteiger partial charge is 0.465 e. The molecule has 0 saturated heterocycles. The smallest absolute Gasteiger partial charge is 0.337 e. The van der Waals surface area contributed by atoms with Gasteiger partial charge >= 0.3 is 5.97 Å². The summed E-state index contributed by atoms with van der Waals surface area (Å²) >= 11 is 9.75. The van der Waals surface area contributed by atoms with Gasteiger partial charge in [-0.2, -0.15) is 5.26 Å². The van der Waals surface area contributed by atoms with Crippen molar-refractivity contribution in [3.8, 4) is 6.07 Å². The summed E-state index contributed by atoms with van der Waals surface area (Å²) in [6.45, 7) is 0. The molecule has 3 aromatic carbocycles. The highest BCUT2D eigenvalue weighted by molar-refractivity contribution is 9.10. The van der Waals surface area contributed by atoms with Gasteiger partial charge in [-0.25, -0.2) is 4.79 Å². The molecule has 1 N–H and O–H groups in total. The minimum atomic E-state index is -0.554. The number of ether oxygens (including phenoxy) is 1. The minimum absolute atomic E-state index is 0.0550. The fraction of sp³-hybridized carbons (Fsp3) is 0.0800. The topological polar surface area (TPSA) is 79.2 Å². The Labute approximate surface area is 199 Å². The number of hydrogen-bond donors (Lipinski definition) is 1. The summed E-state index contributed by atoms with van der Waals surface area (Å²) in [4.78, 5) is 24.2. The van der Waals surface area contributed by atoms with E-state index in [1.54, 1.807) is 18.2 Å². The number of nitrogens with zero attached hydrogens (tertiary/aromatic N) is 1. The molecule has 7 heteroatoms. The van der Waals surface area contributed by atoms with E-state index in [2.05, 4.69) is 26.0 Å². The lowest BCUT2D eigenvalue weighted by atomic mass is 9.98. The lowest BCUT2D eigenvalue weighted by Gasteiger charge is -2.10. The molecule has 3 rings (SSSR count). The van der Waals surface area contributed by atoms with Gasteiger partial charge in [0.25, 0.3) is 5.91 Å². The van der Waals surface area contributed by atoms with Gasteiger partial charge in [0.2, 0.25) is 0 Å². The number of halogens is 2. The SMILES string of the molecule is COC(=O)c1ccc(NC(=O)/C(C#N)=C/c2cc(Br)ccc2Cc2ccccc2Cl)cc1. The molecule has 0 spiro atoms. The summed E-state index contributed by atoms with van der Waals surface area (Å²) in [5, 5.41) is 12.9. The van der Waals surface area contributed by atoms with E-state index in [0.29, 0.717) is 22.7 Å². The summed E-state index contributed by atoms with van der Waals surface area (Å²) in [5.74, 6) is -1.02. The number of esters is 1. The molecule has 1 amide bonds. The lowest BCUT2D eigenvalue weighted by Crippen LogP contribution is -2.13. The molecule has 0 aromatic heterocycles. The summed E-state index contributed by atoms with van der Waals surface area (Å²) in [6, 6.07) is 21.4. The Morgan fingerprint density at radius 1 is 1.09 bits per heavy atom. The number of nitriles is 1. The average Bonchev–Trinajstić information content (AvgIpc) is 2.80. The second-order valence-corrected chi connectivity index (χ2v) is 8.13. The Morgan fingerprint density at radius 3 is 2.47 bits per heavy atom. The molecular formula is C25H18BrClN2O3. The molecule has 5 nitrogen and oxygen atoms in total. The van der Waals surface area contributed by atoms with Gasteiger partial charge in [-0.1, -0.05) is 51.8 Å². The van der Waals surface area contributed by atoms with E-state index in [1.807, 2.05) is 48.5 Å². The van der Waals surface area contributed by atoms with Gasteiger partial charge in [0.05, 0.1) is 12.7 Å². The van der Waals surface area contributed by atoms with Crippen LogP contribution in [0, 0.1) is 11.3 Å². The molecule has 0 atom stereocenters. The van der Waals surface area contributed by atoms with Crippen LogP contribution in [0.5, 0.6) is 0 Å². The monoisotopic (exact) mass is 508 g/mol. The number of benzene rings is 3. The molecule has 0 bridgehead atoms. The van der Waals surface area contributed by atoms with Crippen LogP contribution in [0.25, 0.3) is 6.08 Å². The number of carbonyl (C=O) groups excluding carboxylic acids is 2. The number of carbonyl (C=O) groups is 2. The Kier molecular flexibility index (Phi) is 7.82. The summed E-state index contributed by atoms with van der Waals surface area (Å²) in [6.07, 6.45) is 2.10. The molecular weight excluding hydrogens is 492 g/mol. The number of anilines is 1. The number of nitrogens with one attached hydrogen (secondary N) is 1. The van der Waals surface area contributed by atoms with Gasteiger partial charge < -0.3 is 10.1 Å². The van der Waals surface area contributed by atoms with Crippen molar-refractivity contribution in [2.24, 2.45) is 0 Å². The first-order valence-electron chi connectivity index (χ1n) is 9.54. The number of methoxy groups -OCH3 is 1. The van der Waals surface area contributed by atoms with Crippen LogP contribution in [0.4, 0.5) is 5.69 Å². The van der Waals surface area contributed by atoms with E-state index >= 15 is 0 Å². The van der Waals surface area contributed by atoms with Crippen molar-refractivity contribution < 1.29 is 14.3 Å². The second kappa shape index (κ2) is 10.8. The molecule has 0 unspecified atom stereocenters. The van der Waals surface area contributed by atoms with Crippen LogP contribution in [0.2, 0.25) is 5.02 Å². The van der Waals surface area contributed by atoms with E-state index in [0.717, 1.165) is 21.2 Å². The Morgan fingerprint density at radius 2 is 1.81 bits per heavy atom. The standard InChI is InChI=1S/C25H18BrClN2O3/c1-32-25(31)16-7-10-22(11-8-16)29-24(30)20(15-28)13-19-14-21(26)9-6-17(19)12-18-4-2-3-5-23(18)27/h2-11,13-14H,12H2,1H3,(H,29,30)/b20-13+. The van der Waals surface area contributed by atoms with Crippen molar-refractivity contribution >= 4 is 51.2 Å². The van der Waals surface area contributed by atoms with Crippen LogP contribution in [-0.4, -0.2) is 19.0 Å². The molecule has 0 fully saturated rings. The van der Waals surface area contributed by atoms with Crippen LogP contribution in [0.1, 0.15) is 27.0 Å². The van der Waals surface area contributed by atoms with Crippen LogP contribution >= 0.6 is 27.5 Å². The summed E-state index contributed by atoms with van der Waals surface area (Å²) < 4.78 is 5.48. The molecule has 0 radical (unpaired) electrons. The van der Waals surface area contributed by atoms with Crippen LogP contribution in [0.3, 0.4) is 0 Å². The third-order valence-electron chi connectivity index (χ3n) is 4.68. The Balaban J connectivity index is 1.86. The Hall–Kier alpha value is -3.40. The first-order valence-corrected chi connectivity index (χ1v) is 10.7. The molecule has 32 heavy (non-hydrogen) atoms. The van der Waals surface area contributed by atoms with Gasteiger partial charge in [0.1, 0.15) is 11.6 Å². The zero-order chi connectivity index (χ0) is 23.1. The molecule has 0 aliphatic heterocycles. The summed E-state index contributed by atoms with van der Waals surface area (Å²) in [5.41, 5.74) is 3.35. The minimum Gasteiger partial charge on any atom is -0.465 e. The highest BCUT2D eigenvalue weighted by Gasteiger charge is 2.13. The maximum absolute atomic E-state index is 12.7. The Bertz CT molecular complexity index is 1230. The fourth-order valence-electron chi connectivity index (χ4n) is 3.02. The van der Waals surface area contributed by atoms with Gasteiger partial charge in [-0.05, 0) is 71.7 Å². The zero-order valence-corrected chi connectivity index (χ0v) is 19.4. The summed E-state index contributed by atoms with van der Waals surface area (Å²) in [7, 11) is 1.30. The number of amides is 1. The normalized spacial score (nSPS) is 10.9.